The van der Waals surface area contributed by atoms with Crippen molar-refractivity contribution in [2.24, 2.45) is 20.0 Å². The van der Waals surface area contributed by atoms with Crippen molar-refractivity contribution in [3.8, 4) is 23.0 Å². The molecular formula is C64H50MgN8O16. The molecule has 0 aliphatic carbocycles. The third-order valence-electron chi connectivity index (χ3n) is 13.7. The van der Waals surface area contributed by atoms with Gasteiger partial charge in [0.25, 0.3) is 0 Å². The summed E-state index contributed by atoms with van der Waals surface area (Å²) in [5, 5.41) is 48.0. The predicted octanol–water partition coefficient (Wildman–Crippen LogP) is 10.0. The second kappa shape index (κ2) is 28.3. The van der Waals surface area contributed by atoms with Gasteiger partial charge in [0.1, 0.15) is 48.7 Å². The largest absolute Gasteiger partial charge is 2.00 e. The standard InChI is InChI=1S/C64H48N8O16.Mg.2H/c1-5-42(69(77)78)33-56(73)85-52-21-13-9-17-46(52)50-31-41-30-39-26-25-37(65-39)29-38-27-28-40(66-38)32-51-60(47-18-10-14-22-53(47)86-57(74)34-43(6-2)70(79)80)61(48-19-11-15-23-54(48)87-58(75)35-44(7-3)71(81)82)64(68-51)62(63(50)67-41)49-20-12-16-24-55(49)88-59(76)36-45(8-4)72(83)84;;;/h5-32,42-45H,1-4,33-36H2;;;/q;+2;2*-1. The van der Waals surface area contributed by atoms with Crippen LogP contribution in [0.15, 0.2) is 239 Å². The quantitative estimate of drug-likeness (QED) is 0.0157. The number of hydrogen-bond acceptors (Lipinski definition) is 20. The summed E-state index contributed by atoms with van der Waals surface area (Å²) < 4.78 is 24.1. The first-order chi connectivity index (χ1) is 42.4. The average Bonchev–Trinajstić information content (AvgIpc) is 1.63. The number of rotatable bonds is 24. The van der Waals surface area contributed by atoms with Crippen LogP contribution >= 0.6 is 0 Å². The SMILES string of the molecule is C=CC(CC(=O)Oc1ccccc1C1=CC2=CC3=NC(=CC4=NC(=CC5=NC(=C(c6ccccc6OC(=O)CC(C=C)[N+](=O)[O-])C1=N2)C(c1ccccc1OC(=O)CC(C=C)[N+](=O)[O-])=C5c1ccccc1OC(=O)CC(C=C)[N+](=O)[O-])C=C4)C=C3)[N+](=O)[O-].[H-].[H-].[Mg+2]. The molecule has 4 unspecified atom stereocenters. The van der Waals surface area contributed by atoms with Crippen molar-refractivity contribution in [2.75, 3.05) is 0 Å². The Balaban J connectivity index is 0.00000439. The van der Waals surface area contributed by atoms with Crippen LogP contribution in [0.5, 0.6) is 23.0 Å². The van der Waals surface area contributed by atoms with E-state index in [2.05, 4.69) is 26.3 Å². The Morgan fingerprint density at radius 1 is 0.427 bits per heavy atom. The van der Waals surface area contributed by atoms with Crippen LogP contribution in [-0.4, -0.2) is 114 Å². The fraction of sp³-hybridized carbons (Fsp3) is 0.125. The minimum absolute atomic E-state index is 0. The molecule has 5 aliphatic heterocycles. The van der Waals surface area contributed by atoms with Crippen LogP contribution in [0, 0.1) is 40.5 Å². The smallest absolute Gasteiger partial charge is 1.00 e. The fourth-order valence-corrected chi connectivity index (χ4v) is 9.51. The third kappa shape index (κ3) is 14.7. The number of esters is 4. The number of nitrogens with zero attached hydrogens (tertiary/aromatic N) is 8. The Morgan fingerprint density at radius 2 is 0.764 bits per heavy atom. The van der Waals surface area contributed by atoms with E-state index >= 15 is 0 Å². The average molecular weight is 1210 g/mol. The van der Waals surface area contributed by atoms with Gasteiger partial charge in [-0.15, -0.1) is 0 Å². The zero-order chi connectivity index (χ0) is 62.8. The van der Waals surface area contributed by atoms with E-state index in [0.717, 1.165) is 24.3 Å². The number of para-hydroxylation sites is 4. The molecule has 5 aliphatic rings. The third-order valence-corrected chi connectivity index (χ3v) is 13.7. The van der Waals surface area contributed by atoms with Crippen LogP contribution < -0.4 is 18.9 Å². The Morgan fingerprint density at radius 3 is 1.16 bits per heavy atom. The predicted molar refractivity (Wildman–Crippen MR) is 333 cm³/mol. The number of carbonyl (C=O) groups is 4. The molecule has 8 bridgehead atoms. The first-order valence-electron chi connectivity index (χ1n) is 26.7. The van der Waals surface area contributed by atoms with E-state index in [1.807, 2.05) is 0 Å². The Labute approximate surface area is 524 Å². The topological polar surface area (TPSA) is 327 Å². The Kier molecular flexibility index (Phi) is 20.2. The summed E-state index contributed by atoms with van der Waals surface area (Å²) in [6, 6.07) is 18.2. The Hall–Kier alpha value is -11.3. The van der Waals surface area contributed by atoms with Crippen LogP contribution in [0.3, 0.4) is 0 Å². The molecule has 0 spiro atoms. The van der Waals surface area contributed by atoms with Crippen molar-refractivity contribution in [1.82, 2.24) is 0 Å². The summed E-state index contributed by atoms with van der Waals surface area (Å²) >= 11 is 0. The van der Waals surface area contributed by atoms with E-state index in [-0.39, 0.29) is 116 Å². The molecule has 0 radical (unpaired) electrons. The molecule has 5 heterocycles. The summed E-state index contributed by atoms with van der Waals surface area (Å²) in [4.78, 5) is 121. The molecule has 0 fully saturated rings. The molecule has 4 aromatic rings. The molecule has 24 nitrogen and oxygen atoms in total. The number of ether oxygens (including phenoxy) is 4. The number of aliphatic imine (C=N–C) groups is 4. The van der Waals surface area contributed by atoms with Crippen LogP contribution in [-0.2, 0) is 19.2 Å². The Bertz CT molecular complexity index is 4170. The van der Waals surface area contributed by atoms with Gasteiger partial charge in [-0.25, -0.2) is 20.0 Å². The van der Waals surface area contributed by atoms with E-state index in [9.17, 15) is 59.6 Å². The minimum atomic E-state index is -1.58. The van der Waals surface area contributed by atoms with Gasteiger partial charge in [-0.1, -0.05) is 99.1 Å². The van der Waals surface area contributed by atoms with E-state index in [4.69, 9.17) is 38.9 Å². The molecule has 0 amide bonds. The van der Waals surface area contributed by atoms with Crippen molar-refractivity contribution in [2.45, 2.75) is 49.9 Å². The van der Waals surface area contributed by atoms with Gasteiger partial charge in [-0.3, -0.25) is 59.6 Å². The molecule has 0 N–H and O–H groups in total. The van der Waals surface area contributed by atoms with Gasteiger partial charge in [0.2, 0.25) is 24.2 Å². The zero-order valence-electron chi connectivity index (χ0n) is 48.9. The molecule has 25 heteroatoms. The molecule has 0 saturated carbocycles. The molecule has 9 rings (SSSR count). The molecule has 444 valence electrons. The van der Waals surface area contributed by atoms with Crippen molar-refractivity contribution >= 4 is 92.1 Å². The second-order valence-corrected chi connectivity index (χ2v) is 19.5. The van der Waals surface area contributed by atoms with Crippen molar-refractivity contribution in [1.29, 1.82) is 0 Å². The number of hydrogen-bond donors (Lipinski definition) is 0. The van der Waals surface area contributed by atoms with Gasteiger partial charge in [0, 0.05) is 64.2 Å². The zero-order valence-corrected chi connectivity index (χ0v) is 48.4. The molecule has 0 saturated heterocycles. The van der Waals surface area contributed by atoms with Gasteiger partial charge < -0.3 is 21.8 Å². The monoisotopic (exact) mass is 1210 g/mol. The normalized spacial score (nSPS) is 15.7. The van der Waals surface area contributed by atoms with Crippen molar-refractivity contribution in [3.63, 3.8) is 0 Å². The van der Waals surface area contributed by atoms with Crippen LogP contribution in [0.2, 0.25) is 0 Å². The molecule has 89 heavy (non-hydrogen) atoms. The maximum Gasteiger partial charge on any atom is 2.00 e. The number of carbonyl (C=O) groups excluding carboxylic acids is 4. The van der Waals surface area contributed by atoms with E-state index < -0.39 is 93.4 Å². The van der Waals surface area contributed by atoms with E-state index in [0.29, 0.717) is 22.8 Å². The summed E-state index contributed by atoms with van der Waals surface area (Å²) in [6.45, 7) is 14.0. The molecule has 4 atom stereocenters. The minimum Gasteiger partial charge on any atom is -1.00 e. The fourth-order valence-electron chi connectivity index (χ4n) is 9.51. The molecule has 0 aromatic heterocycles. The molecular weight excluding hydrogens is 1160 g/mol. The number of allylic oxidation sites excluding steroid dienone is 12. The van der Waals surface area contributed by atoms with Crippen molar-refractivity contribution in [3.05, 3.63) is 282 Å². The van der Waals surface area contributed by atoms with Crippen LogP contribution in [0.25, 0.3) is 22.3 Å². The van der Waals surface area contributed by atoms with Crippen LogP contribution in [0.4, 0.5) is 0 Å². The van der Waals surface area contributed by atoms with Crippen molar-refractivity contribution < 1.29 is 60.7 Å². The van der Waals surface area contributed by atoms with Gasteiger partial charge in [0.15, 0.2) is 0 Å². The first kappa shape index (κ1) is 63.7. The van der Waals surface area contributed by atoms with Gasteiger partial charge in [-0.2, -0.15) is 0 Å². The maximum absolute atomic E-state index is 14.1. The van der Waals surface area contributed by atoms with E-state index in [1.54, 1.807) is 91.1 Å². The van der Waals surface area contributed by atoms with Gasteiger partial charge >= 0.3 is 46.9 Å². The number of nitro groups is 4. The summed E-state index contributed by atoms with van der Waals surface area (Å²) in [5.41, 5.74) is 2.46. The maximum atomic E-state index is 14.1. The number of fused-ring (bicyclic) bond motifs is 4. The number of benzene rings is 4. The second-order valence-electron chi connectivity index (χ2n) is 19.5. The van der Waals surface area contributed by atoms with Gasteiger partial charge in [-0.05, 0) is 97.2 Å². The van der Waals surface area contributed by atoms with Gasteiger partial charge in [0.05, 0.1) is 45.6 Å². The van der Waals surface area contributed by atoms with E-state index in [1.165, 1.54) is 54.6 Å². The first-order valence-corrected chi connectivity index (χ1v) is 26.7. The molecule has 4 aromatic carbocycles. The summed E-state index contributed by atoms with van der Waals surface area (Å²) in [5.74, 6) is -4.90. The summed E-state index contributed by atoms with van der Waals surface area (Å²) in [6.07, 6.45) is 14.3. The summed E-state index contributed by atoms with van der Waals surface area (Å²) in [7, 11) is 0. The van der Waals surface area contributed by atoms with Crippen LogP contribution in [0.1, 0.15) is 50.8 Å².